The number of hydrogen-bond acceptors (Lipinski definition) is 5. The number of nitrogens with one attached hydrogen (secondary N) is 3. The van der Waals surface area contributed by atoms with Crippen LogP contribution >= 0.6 is 11.3 Å². The predicted octanol–water partition coefficient (Wildman–Crippen LogP) is 2.37. The SMILES string of the molecule is CCNC(=NCc1cccc(OCC(=O)NC2CC2)c1)NCC(C)(O)c1ccsc1. The van der Waals surface area contributed by atoms with Crippen LogP contribution in [-0.2, 0) is 16.9 Å². The van der Waals surface area contributed by atoms with Crippen LogP contribution in [-0.4, -0.2) is 42.7 Å². The molecular weight excluding hydrogens is 400 g/mol. The molecule has 1 heterocycles. The Bertz CT molecular complexity index is 848. The molecule has 8 heteroatoms. The Morgan fingerprint density at radius 1 is 1.33 bits per heavy atom. The van der Waals surface area contributed by atoms with E-state index in [1.807, 2.05) is 48.0 Å². The number of guanidine groups is 1. The summed E-state index contributed by atoms with van der Waals surface area (Å²) in [5, 5.41) is 23.9. The number of carbonyl (C=O) groups is 1. The Morgan fingerprint density at radius 3 is 2.87 bits per heavy atom. The van der Waals surface area contributed by atoms with E-state index in [2.05, 4.69) is 20.9 Å². The van der Waals surface area contributed by atoms with Gasteiger partial charge < -0.3 is 25.8 Å². The van der Waals surface area contributed by atoms with Crippen molar-refractivity contribution in [3.05, 3.63) is 52.2 Å². The highest BCUT2D eigenvalue weighted by Gasteiger charge is 2.24. The quantitative estimate of drug-likeness (QED) is 0.343. The van der Waals surface area contributed by atoms with Gasteiger partial charge in [-0.3, -0.25) is 4.79 Å². The van der Waals surface area contributed by atoms with Crippen molar-refractivity contribution in [2.75, 3.05) is 19.7 Å². The number of carbonyl (C=O) groups excluding carboxylic acids is 1. The maximum atomic E-state index is 11.8. The Kier molecular flexibility index (Phi) is 7.70. The highest BCUT2D eigenvalue weighted by Crippen LogP contribution is 2.22. The molecule has 3 rings (SSSR count). The molecule has 1 fully saturated rings. The van der Waals surface area contributed by atoms with E-state index in [0.717, 1.165) is 24.0 Å². The first-order chi connectivity index (χ1) is 14.5. The monoisotopic (exact) mass is 430 g/mol. The molecule has 1 aromatic carbocycles. The van der Waals surface area contributed by atoms with Crippen LogP contribution in [0.25, 0.3) is 0 Å². The third-order valence-corrected chi connectivity index (χ3v) is 5.40. The number of rotatable bonds is 10. The van der Waals surface area contributed by atoms with Crippen molar-refractivity contribution >= 4 is 23.2 Å². The summed E-state index contributed by atoms with van der Waals surface area (Å²) in [5.41, 5.74) is 0.869. The minimum Gasteiger partial charge on any atom is -0.484 e. The molecule has 0 bridgehead atoms. The van der Waals surface area contributed by atoms with E-state index in [0.29, 0.717) is 37.4 Å². The van der Waals surface area contributed by atoms with Crippen LogP contribution in [0.3, 0.4) is 0 Å². The summed E-state index contributed by atoms with van der Waals surface area (Å²) in [5.74, 6) is 1.19. The second-order valence-electron chi connectivity index (χ2n) is 7.61. The van der Waals surface area contributed by atoms with Gasteiger partial charge in [0.2, 0.25) is 0 Å². The largest absolute Gasteiger partial charge is 0.484 e. The Labute approximate surface area is 181 Å². The van der Waals surface area contributed by atoms with Crippen molar-refractivity contribution in [1.29, 1.82) is 0 Å². The van der Waals surface area contributed by atoms with E-state index in [1.165, 1.54) is 0 Å². The molecule has 0 aliphatic heterocycles. The smallest absolute Gasteiger partial charge is 0.258 e. The van der Waals surface area contributed by atoms with Crippen molar-refractivity contribution in [3.8, 4) is 5.75 Å². The number of thiophene rings is 1. The molecule has 1 aromatic heterocycles. The fraction of sp³-hybridized carbons (Fsp3) is 0.455. The fourth-order valence-corrected chi connectivity index (χ4v) is 3.60. The summed E-state index contributed by atoms with van der Waals surface area (Å²) >= 11 is 1.56. The second kappa shape index (κ2) is 10.4. The fourth-order valence-electron chi connectivity index (χ4n) is 2.82. The van der Waals surface area contributed by atoms with Gasteiger partial charge in [-0.2, -0.15) is 11.3 Å². The molecule has 4 N–H and O–H groups in total. The van der Waals surface area contributed by atoms with Crippen LogP contribution in [0.1, 0.15) is 37.8 Å². The second-order valence-corrected chi connectivity index (χ2v) is 8.39. The molecule has 1 aliphatic rings. The van der Waals surface area contributed by atoms with Crippen LogP contribution in [0.15, 0.2) is 46.1 Å². The minimum atomic E-state index is -0.981. The molecule has 30 heavy (non-hydrogen) atoms. The van der Waals surface area contributed by atoms with Crippen LogP contribution < -0.4 is 20.7 Å². The van der Waals surface area contributed by atoms with Gasteiger partial charge in [-0.05, 0) is 66.8 Å². The van der Waals surface area contributed by atoms with Gasteiger partial charge in [-0.25, -0.2) is 4.99 Å². The van der Waals surface area contributed by atoms with E-state index in [4.69, 9.17) is 4.74 Å². The summed E-state index contributed by atoms with van der Waals surface area (Å²) < 4.78 is 5.60. The molecule has 1 saturated carbocycles. The van der Waals surface area contributed by atoms with Gasteiger partial charge in [0.15, 0.2) is 12.6 Å². The van der Waals surface area contributed by atoms with Crippen LogP contribution in [0.5, 0.6) is 5.75 Å². The topological polar surface area (TPSA) is 95.0 Å². The van der Waals surface area contributed by atoms with Crippen molar-refractivity contribution in [2.45, 2.75) is 44.9 Å². The first kappa shape index (κ1) is 22.1. The van der Waals surface area contributed by atoms with Crippen molar-refractivity contribution in [1.82, 2.24) is 16.0 Å². The number of benzene rings is 1. The average Bonchev–Trinajstić information content (AvgIpc) is 3.35. The van der Waals surface area contributed by atoms with Gasteiger partial charge >= 0.3 is 0 Å². The molecule has 0 spiro atoms. The number of ether oxygens (including phenoxy) is 1. The number of nitrogens with zero attached hydrogens (tertiary/aromatic N) is 1. The lowest BCUT2D eigenvalue weighted by Gasteiger charge is -2.24. The maximum absolute atomic E-state index is 11.8. The third kappa shape index (κ3) is 7.03. The van der Waals surface area contributed by atoms with E-state index in [9.17, 15) is 9.90 Å². The van der Waals surface area contributed by atoms with E-state index < -0.39 is 5.60 Å². The van der Waals surface area contributed by atoms with Crippen molar-refractivity contribution < 1.29 is 14.6 Å². The minimum absolute atomic E-state index is 0.0189. The van der Waals surface area contributed by atoms with E-state index in [-0.39, 0.29) is 12.5 Å². The normalized spacial score (nSPS) is 15.9. The lowest BCUT2D eigenvalue weighted by molar-refractivity contribution is -0.123. The van der Waals surface area contributed by atoms with Gasteiger partial charge in [0.05, 0.1) is 13.1 Å². The number of amides is 1. The van der Waals surface area contributed by atoms with Crippen LogP contribution in [0.4, 0.5) is 0 Å². The van der Waals surface area contributed by atoms with Gasteiger partial charge in [-0.1, -0.05) is 12.1 Å². The number of aliphatic hydroxyl groups is 1. The molecule has 1 aliphatic carbocycles. The first-order valence-electron chi connectivity index (χ1n) is 10.2. The Hall–Kier alpha value is -2.58. The molecule has 1 amide bonds. The summed E-state index contributed by atoms with van der Waals surface area (Å²) in [4.78, 5) is 16.4. The van der Waals surface area contributed by atoms with Crippen molar-refractivity contribution in [3.63, 3.8) is 0 Å². The highest BCUT2D eigenvalue weighted by atomic mass is 32.1. The molecule has 1 unspecified atom stereocenters. The molecule has 0 saturated heterocycles. The maximum Gasteiger partial charge on any atom is 0.258 e. The first-order valence-corrected chi connectivity index (χ1v) is 11.2. The van der Waals surface area contributed by atoms with Gasteiger partial charge in [-0.15, -0.1) is 0 Å². The summed E-state index contributed by atoms with van der Waals surface area (Å²) in [7, 11) is 0. The number of hydrogen-bond donors (Lipinski definition) is 4. The third-order valence-electron chi connectivity index (χ3n) is 4.72. The Balaban J connectivity index is 1.53. The molecule has 7 nitrogen and oxygen atoms in total. The lowest BCUT2D eigenvalue weighted by atomic mass is 9.99. The molecular formula is C22H30N4O3S. The van der Waals surface area contributed by atoms with E-state index in [1.54, 1.807) is 18.3 Å². The molecule has 1 atom stereocenters. The highest BCUT2D eigenvalue weighted by molar-refractivity contribution is 7.08. The summed E-state index contributed by atoms with van der Waals surface area (Å²) in [6, 6.07) is 9.83. The summed E-state index contributed by atoms with van der Waals surface area (Å²) in [6.07, 6.45) is 2.12. The van der Waals surface area contributed by atoms with Gasteiger partial charge in [0.25, 0.3) is 5.91 Å². The standard InChI is InChI=1S/C22H30N4O3S/c1-3-23-21(25-15-22(2,28)17-9-10-30-14-17)24-12-16-5-4-6-19(11-16)29-13-20(27)26-18-7-8-18/h4-6,9-11,14,18,28H,3,7-8,12-13,15H2,1-2H3,(H,26,27)(H2,23,24,25). The zero-order chi connectivity index (χ0) is 21.4. The van der Waals surface area contributed by atoms with Gasteiger partial charge in [0.1, 0.15) is 11.4 Å². The van der Waals surface area contributed by atoms with Crippen LogP contribution in [0, 0.1) is 0 Å². The van der Waals surface area contributed by atoms with Crippen molar-refractivity contribution in [2.24, 2.45) is 4.99 Å². The van der Waals surface area contributed by atoms with Crippen LogP contribution in [0.2, 0.25) is 0 Å². The molecule has 0 radical (unpaired) electrons. The van der Waals surface area contributed by atoms with Gasteiger partial charge in [0, 0.05) is 12.6 Å². The number of aliphatic imine (C=N–C) groups is 1. The molecule has 162 valence electrons. The van der Waals surface area contributed by atoms with E-state index >= 15 is 0 Å². The Morgan fingerprint density at radius 2 is 2.17 bits per heavy atom. The zero-order valence-electron chi connectivity index (χ0n) is 17.5. The molecule has 2 aromatic rings. The summed E-state index contributed by atoms with van der Waals surface area (Å²) in [6.45, 7) is 5.30. The lowest BCUT2D eigenvalue weighted by Crippen LogP contribution is -2.44. The predicted molar refractivity (Wildman–Crippen MR) is 120 cm³/mol. The average molecular weight is 431 g/mol. The zero-order valence-corrected chi connectivity index (χ0v) is 18.3.